The maximum Gasteiger partial charge on any atom is 0.142 e. The van der Waals surface area contributed by atoms with Crippen LogP contribution in [0.3, 0.4) is 0 Å². The van der Waals surface area contributed by atoms with Gasteiger partial charge in [-0.2, -0.15) is 0 Å². The van der Waals surface area contributed by atoms with Crippen molar-refractivity contribution in [3.05, 3.63) is 46.8 Å². The summed E-state index contributed by atoms with van der Waals surface area (Å²) in [6.45, 7) is 2.16. The van der Waals surface area contributed by atoms with E-state index >= 15 is 0 Å². The number of benzene rings is 1. The third-order valence-corrected chi connectivity index (χ3v) is 9.39. The van der Waals surface area contributed by atoms with Crippen LogP contribution in [0, 0.1) is 35.4 Å². The zero-order valence-corrected chi connectivity index (χ0v) is 20.3. The van der Waals surface area contributed by atoms with Crippen molar-refractivity contribution < 1.29 is 4.39 Å². The molecule has 2 heteroatoms. The highest BCUT2D eigenvalue weighted by atomic mass is 35.5. The number of hydrogen-bond acceptors (Lipinski definition) is 0. The van der Waals surface area contributed by atoms with E-state index in [0.717, 1.165) is 35.2 Å². The van der Waals surface area contributed by atoms with Crippen LogP contribution in [0.25, 0.3) is 0 Å². The number of hydrogen-bond donors (Lipinski definition) is 0. The van der Waals surface area contributed by atoms with Gasteiger partial charge in [-0.15, -0.1) is 0 Å². The van der Waals surface area contributed by atoms with E-state index in [-0.39, 0.29) is 10.8 Å². The van der Waals surface area contributed by atoms with Gasteiger partial charge in [-0.1, -0.05) is 55.5 Å². The minimum atomic E-state index is -0.259. The van der Waals surface area contributed by atoms with Crippen molar-refractivity contribution in [3.8, 4) is 0 Å². The van der Waals surface area contributed by atoms with Crippen LogP contribution in [0.15, 0.2) is 30.4 Å². The second-order valence-electron chi connectivity index (χ2n) is 10.9. The van der Waals surface area contributed by atoms with Crippen LogP contribution in [0.2, 0.25) is 5.02 Å². The fourth-order valence-corrected chi connectivity index (χ4v) is 7.17. The lowest BCUT2D eigenvalue weighted by Gasteiger charge is -2.38. The molecule has 0 aromatic heterocycles. The van der Waals surface area contributed by atoms with Crippen LogP contribution >= 0.6 is 11.6 Å². The third-order valence-electron chi connectivity index (χ3n) is 9.08. The fraction of sp³-hybridized carbons (Fsp3) is 0.724. The molecule has 0 aliphatic heterocycles. The maximum atomic E-state index is 13.8. The smallest absolute Gasteiger partial charge is 0.142 e. The van der Waals surface area contributed by atoms with Crippen LogP contribution < -0.4 is 0 Å². The Morgan fingerprint density at radius 2 is 1.35 bits per heavy atom. The fourth-order valence-electron chi connectivity index (χ4n) is 7.05. The summed E-state index contributed by atoms with van der Waals surface area (Å²) in [6, 6.07) is 5.44. The normalized spacial score (nSPS) is 34.8. The van der Waals surface area contributed by atoms with E-state index in [1.54, 1.807) is 12.1 Å². The summed E-state index contributed by atoms with van der Waals surface area (Å²) >= 11 is 5.86. The second-order valence-corrected chi connectivity index (χ2v) is 11.4. The molecule has 3 fully saturated rings. The van der Waals surface area contributed by atoms with Gasteiger partial charge in [0.25, 0.3) is 0 Å². The molecule has 0 nitrogen and oxygen atoms in total. The first-order chi connectivity index (χ1) is 15.1. The Kier molecular flexibility index (Phi) is 8.55. The summed E-state index contributed by atoms with van der Waals surface area (Å²) in [4.78, 5) is 0. The monoisotopic (exact) mass is 444 g/mol. The van der Waals surface area contributed by atoms with Gasteiger partial charge in [0.05, 0.1) is 5.02 Å². The molecule has 0 atom stereocenters. The van der Waals surface area contributed by atoms with Crippen molar-refractivity contribution in [3.63, 3.8) is 0 Å². The summed E-state index contributed by atoms with van der Waals surface area (Å²) in [7, 11) is 0. The molecule has 3 aliphatic rings. The SMILES string of the molecule is C/C=C/[C@H]1CC[C@H](CC[C@H]2CC[C@H]([C@H]3CC[C@H](c4ccc(Cl)c(F)c4)CC3)CC2)CC1. The molecule has 172 valence electrons. The van der Waals surface area contributed by atoms with Crippen LogP contribution in [0.5, 0.6) is 0 Å². The zero-order valence-electron chi connectivity index (χ0n) is 19.5. The maximum absolute atomic E-state index is 13.8. The highest BCUT2D eigenvalue weighted by molar-refractivity contribution is 6.30. The largest absolute Gasteiger partial charge is 0.205 e. The first-order valence-corrected chi connectivity index (χ1v) is 13.6. The number of halogens is 2. The topological polar surface area (TPSA) is 0 Å². The second kappa shape index (κ2) is 11.4. The molecule has 1 aromatic rings. The lowest BCUT2D eigenvalue weighted by Crippen LogP contribution is -2.25. The van der Waals surface area contributed by atoms with E-state index < -0.39 is 0 Å². The summed E-state index contributed by atoms with van der Waals surface area (Å²) in [5.41, 5.74) is 1.16. The molecule has 0 N–H and O–H groups in total. The first kappa shape index (κ1) is 23.3. The van der Waals surface area contributed by atoms with Crippen molar-refractivity contribution in [1.29, 1.82) is 0 Å². The Morgan fingerprint density at radius 3 is 1.90 bits per heavy atom. The molecular formula is C29H42ClF. The molecule has 0 heterocycles. The molecule has 0 unspecified atom stereocenters. The molecule has 0 spiro atoms. The van der Waals surface area contributed by atoms with Gasteiger partial charge in [-0.05, 0) is 124 Å². The van der Waals surface area contributed by atoms with Gasteiger partial charge < -0.3 is 0 Å². The standard InChI is InChI=1S/C29H42ClF/c1-2-3-21-4-6-22(7-5-21)8-9-23-10-12-24(13-11-23)25-14-16-26(17-15-25)27-18-19-28(30)29(31)20-27/h2-3,18-26H,4-17H2,1H3/b3-2+/t21-,22-,23-,24-,25-,26-. The van der Waals surface area contributed by atoms with Gasteiger partial charge in [0.2, 0.25) is 0 Å². The van der Waals surface area contributed by atoms with Crippen LogP contribution in [0.1, 0.15) is 108 Å². The molecular weight excluding hydrogens is 403 g/mol. The van der Waals surface area contributed by atoms with E-state index in [9.17, 15) is 4.39 Å². The lowest BCUT2D eigenvalue weighted by atomic mass is 9.67. The summed E-state index contributed by atoms with van der Waals surface area (Å²) in [5, 5.41) is 0.246. The van der Waals surface area contributed by atoms with Gasteiger partial charge >= 0.3 is 0 Å². The van der Waals surface area contributed by atoms with Crippen molar-refractivity contribution in [2.24, 2.45) is 29.6 Å². The van der Waals surface area contributed by atoms with Crippen LogP contribution in [-0.2, 0) is 0 Å². The Bertz CT molecular complexity index is 701. The molecule has 1 aromatic carbocycles. The van der Waals surface area contributed by atoms with Gasteiger partial charge in [0.1, 0.15) is 5.82 Å². The molecule has 3 saturated carbocycles. The summed E-state index contributed by atoms with van der Waals surface area (Å²) in [5.74, 6) is 5.01. The van der Waals surface area contributed by atoms with Gasteiger partial charge in [0.15, 0.2) is 0 Å². The molecule has 0 saturated heterocycles. The average Bonchev–Trinajstić information content (AvgIpc) is 2.81. The summed E-state index contributed by atoms with van der Waals surface area (Å²) < 4.78 is 13.8. The van der Waals surface area contributed by atoms with Crippen molar-refractivity contribution in [2.45, 2.75) is 103 Å². The third kappa shape index (κ3) is 6.37. The Labute approximate surface area is 195 Å². The van der Waals surface area contributed by atoms with E-state index in [2.05, 4.69) is 19.1 Å². The number of rotatable bonds is 6. The van der Waals surface area contributed by atoms with Crippen molar-refractivity contribution in [2.75, 3.05) is 0 Å². The molecule has 3 aliphatic carbocycles. The van der Waals surface area contributed by atoms with Gasteiger partial charge in [-0.3, -0.25) is 0 Å². The van der Waals surface area contributed by atoms with Crippen LogP contribution in [0.4, 0.5) is 4.39 Å². The highest BCUT2D eigenvalue weighted by Crippen LogP contribution is 2.45. The molecule has 0 amide bonds. The highest BCUT2D eigenvalue weighted by Gasteiger charge is 2.31. The zero-order chi connectivity index (χ0) is 21.6. The first-order valence-electron chi connectivity index (χ1n) is 13.2. The van der Waals surface area contributed by atoms with Crippen LogP contribution in [-0.4, -0.2) is 0 Å². The lowest BCUT2D eigenvalue weighted by molar-refractivity contribution is 0.151. The van der Waals surface area contributed by atoms with E-state index in [1.165, 1.54) is 89.9 Å². The molecule has 31 heavy (non-hydrogen) atoms. The van der Waals surface area contributed by atoms with Gasteiger partial charge in [-0.25, -0.2) is 4.39 Å². The predicted octanol–water partition coefficient (Wildman–Crippen LogP) is 9.72. The number of allylic oxidation sites excluding steroid dienone is 2. The summed E-state index contributed by atoms with van der Waals surface area (Å²) in [6.07, 6.45) is 24.4. The minimum absolute atomic E-state index is 0.246. The van der Waals surface area contributed by atoms with Gasteiger partial charge in [0, 0.05) is 0 Å². The quantitative estimate of drug-likeness (QED) is 0.383. The average molecular weight is 445 g/mol. The molecule has 0 bridgehead atoms. The van der Waals surface area contributed by atoms with E-state index in [4.69, 9.17) is 11.6 Å². The minimum Gasteiger partial charge on any atom is -0.205 e. The predicted molar refractivity (Wildman–Crippen MR) is 131 cm³/mol. The van der Waals surface area contributed by atoms with E-state index in [0.29, 0.717) is 5.92 Å². The molecule has 0 radical (unpaired) electrons. The molecule has 4 rings (SSSR count). The van der Waals surface area contributed by atoms with Crippen molar-refractivity contribution in [1.82, 2.24) is 0 Å². The Balaban J connectivity index is 1.14. The van der Waals surface area contributed by atoms with Crippen molar-refractivity contribution >= 4 is 11.6 Å². The van der Waals surface area contributed by atoms with E-state index in [1.807, 2.05) is 6.07 Å². The Morgan fingerprint density at radius 1 is 0.806 bits per heavy atom. The Hall–Kier alpha value is -0.820.